The molecule has 0 fully saturated rings. The predicted octanol–water partition coefficient (Wildman–Crippen LogP) is 2.60. The zero-order valence-corrected chi connectivity index (χ0v) is 12.4. The first-order valence-electron chi connectivity index (χ1n) is 6.54. The summed E-state index contributed by atoms with van der Waals surface area (Å²) in [6.07, 6.45) is 0.601. The lowest BCUT2D eigenvalue weighted by atomic mass is 10.2. The highest BCUT2D eigenvalue weighted by Gasteiger charge is 2.42. The summed E-state index contributed by atoms with van der Waals surface area (Å²) in [6.45, 7) is 0. The molecule has 3 aromatic rings. The Morgan fingerprint density at radius 1 is 1.39 bits per heavy atom. The Kier molecular flexibility index (Phi) is 3.76. The SMILES string of the molecule is NC(=S)C[C@@H](n1cc(-c2ncnc3[nH]ccc23)cn1)C(F)(F)F. The van der Waals surface area contributed by atoms with E-state index in [1.54, 1.807) is 12.3 Å². The monoisotopic (exact) mass is 340 g/mol. The van der Waals surface area contributed by atoms with Crippen LogP contribution in [0.3, 0.4) is 0 Å². The van der Waals surface area contributed by atoms with Crippen molar-refractivity contribution in [2.24, 2.45) is 5.73 Å². The van der Waals surface area contributed by atoms with Gasteiger partial charge in [0.25, 0.3) is 0 Å². The quantitative estimate of drug-likeness (QED) is 0.713. The van der Waals surface area contributed by atoms with Crippen LogP contribution in [-0.2, 0) is 0 Å². The van der Waals surface area contributed by atoms with Gasteiger partial charge in [0.15, 0.2) is 6.04 Å². The summed E-state index contributed by atoms with van der Waals surface area (Å²) >= 11 is 4.60. The molecule has 0 spiro atoms. The van der Waals surface area contributed by atoms with Gasteiger partial charge >= 0.3 is 6.18 Å². The topological polar surface area (TPSA) is 85.4 Å². The average molecular weight is 340 g/mol. The molecule has 0 amide bonds. The molecule has 3 aromatic heterocycles. The molecule has 23 heavy (non-hydrogen) atoms. The summed E-state index contributed by atoms with van der Waals surface area (Å²) in [5.41, 5.74) is 6.82. The van der Waals surface area contributed by atoms with Crippen LogP contribution in [0.25, 0.3) is 22.3 Å². The summed E-state index contributed by atoms with van der Waals surface area (Å²) in [7, 11) is 0. The summed E-state index contributed by atoms with van der Waals surface area (Å²) < 4.78 is 40.3. The lowest BCUT2D eigenvalue weighted by molar-refractivity contribution is -0.168. The molecule has 3 heterocycles. The molecular weight excluding hydrogens is 329 g/mol. The molecule has 0 bridgehead atoms. The van der Waals surface area contributed by atoms with Crippen molar-refractivity contribution in [3.63, 3.8) is 0 Å². The smallest absolute Gasteiger partial charge is 0.393 e. The number of aromatic nitrogens is 5. The number of nitrogens with one attached hydrogen (secondary N) is 1. The summed E-state index contributed by atoms with van der Waals surface area (Å²) in [5, 5.41) is 4.51. The number of aromatic amines is 1. The maximum Gasteiger partial charge on any atom is 0.411 e. The van der Waals surface area contributed by atoms with Crippen molar-refractivity contribution >= 4 is 28.2 Å². The molecule has 3 rings (SSSR count). The van der Waals surface area contributed by atoms with Gasteiger partial charge in [-0.25, -0.2) is 9.97 Å². The van der Waals surface area contributed by atoms with Gasteiger partial charge in [0.1, 0.15) is 12.0 Å². The maximum atomic E-state index is 13.2. The third kappa shape index (κ3) is 3.02. The minimum absolute atomic E-state index is 0.223. The van der Waals surface area contributed by atoms with Gasteiger partial charge in [-0.2, -0.15) is 18.3 Å². The molecule has 0 aliphatic heterocycles. The Labute approximate surface area is 133 Å². The zero-order chi connectivity index (χ0) is 16.6. The van der Waals surface area contributed by atoms with E-state index in [4.69, 9.17) is 5.73 Å². The van der Waals surface area contributed by atoms with Crippen molar-refractivity contribution in [2.75, 3.05) is 0 Å². The standard InChI is InChI=1S/C13H11F3N6S/c14-13(15,16)9(3-10(17)23)22-5-7(4-21-22)11-8-1-2-18-12(8)20-6-19-11/h1-2,4-6,9H,3H2,(H2,17,23)(H,18,19,20)/t9-/m1/s1. The van der Waals surface area contributed by atoms with Gasteiger partial charge in [-0.3, -0.25) is 4.68 Å². The number of hydrogen-bond acceptors (Lipinski definition) is 4. The van der Waals surface area contributed by atoms with E-state index in [1.807, 2.05) is 0 Å². The first-order chi connectivity index (χ1) is 10.9. The number of rotatable bonds is 4. The highest BCUT2D eigenvalue weighted by Crippen LogP contribution is 2.34. The third-order valence-electron chi connectivity index (χ3n) is 3.32. The number of hydrogen-bond donors (Lipinski definition) is 2. The Balaban J connectivity index is 2.02. The van der Waals surface area contributed by atoms with Gasteiger partial charge in [-0.05, 0) is 6.07 Å². The average Bonchev–Trinajstić information content (AvgIpc) is 3.12. The van der Waals surface area contributed by atoms with E-state index in [0.717, 1.165) is 4.68 Å². The fourth-order valence-electron chi connectivity index (χ4n) is 2.28. The van der Waals surface area contributed by atoms with E-state index in [2.05, 4.69) is 32.3 Å². The van der Waals surface area contributed by atoms with Gasteiger partial charge in [0.05, 0.1) is 16.9 Å². The van der Waals surface area contributed by atoms with Crippen LogP contribution in [0, 0.1) is 0 Å². The molecule has 0 aromatic carbocycles. The molecule has 0 unspecified atom stereocenters. The van der Waals surface area contributed by atoms with Crippen molar-refractivity contribution in [3.8, 4) is 11.3 Å². The predicted molar refractivity (Wildman–Crippen MR) is 81.6 cm³/mol. The van der Waals surface area contributed by atoms with E-state index in [9.17, 15) is 13.2 Å². The van der Waals surface area contributed by atoms with E-state index < -0.39 is 18.6 Å². The van der Waals surface area contributed by atoms with Crippen molar-refractivity contribution in [2.45, 2.75) is 18.6 Å². The van der Waals surface area contributed by atoms with Crippen LogP contribution < -0.4 is 5.73 Å². The normalized spacial score (nSPS) is 13.3. The maximum absolute atomic E-state index is 13.2. The van der Waals surface area contributed by atoms with Crippen molar-refractivity contribution in [1.29, 1.82) is 0 Å². The molecule has 0 aliphatic carbocycles. The number of fused-ring (bicyclic) bond motifs is 1. The van der Waals surface area contributed by atoms with Crippen molar-refractivity contribution in [3.05, 3.63) is 31.0 Å². The fraction of sp³-hybridized carbons (Fsp3) is 0.231. The number of H-pyrrole nitrogens is 1. The Morgan fingerprint density at radius 3 is 2.87 bits per heavy atom. The highest BCUT2D eigenvalue weighted by molar-refractivity contribution is 7.80. The van der Waals surface area contributed by atoms with Gasteiger partial charge < -0.3 is 10.7 Å². The van der Waals surface area contributed by atoms with E-state index >= 15 is 0 Å². The molecule has 1 atom stereocenters. The Morgan fingerprint density at radius 2 is 2.17 bits per heavy atom. The number of nitrogens with two attached hydrogens (primary N) is 1. The second-order valence-corrected chi connectivity index (χ2v) is 5.42. The van der Waals surface area contributed by atoms with Crippen LogP contribution in [0.15, 0.2) is 31.0 Å². The van der Waals surface area contributed by atoms with Crippen molar-refractivity contribution < 1.29 is 13.2 Å². The summed E-state index contributed by atoms with van der Waals surface area (Å²) in [4.78, 5) is 10.9. The van der Waals surface area contributed by atoms with Gasteiger partial charge in [-0.15, -0.1) is 0 Å². The first kappa shape index (κ1) is 15.4. The van der Waals surface area contributed by atoms with E-state index in [1.165, 1.54) is 18.7 Å². The highest BCUT2D eigenvalue weighted by atomic mass is 32.1. The van der Waals surface area contributed by atoms with Crippen LogP contribution >= 0.6 is 12.2 Å². The molecule has 120 valence electrons. The first-order valence-corrected chi connectivity index (χ1v) is 6.94. The summed E-state index contributed by atoms with van der Waals surface area (Å²) in [6, 6.07) is -0.157. The largest absolute Gasteiger partial charge is 0.411 e. The zero-order valence-electron chi connectivity index (χ0n) is 11.6. The lowest BCUT2D eigenvalue weighted by Crippen LogP contribution is -2.30. The van der Waals surface area contributed by atoms with E-state index in [0.29, 0.717) is 22.3 Å². The molecule has 3 N–H and O–H groups in total. The third-order valence-corrected chi connectivity index (χ3v) is 3.49. The van der Waals surface area contributed by atoms with Crippen molar-refractivity contribution in [1.82, 2.24) is 24.7 Å². The lowest BCUT2D eigenvalue weighted by Gasteiger charge is -2.20. The number of alkyl halides is 3. The number of nitrogens with zero attached hydrogens (tertiary/aromatic N) is 4. The molecule has 0 radical (unpaired) electrons. The van der Waals surface area contributed by atoms with Crippen LogP contribution in [0.4, 0.5) is 13.2 Å². The van der Waals surface area contributed by atoms with Crippen LogP contribution in [0.1, 0.15) is 12.5 Å². The molecular formula is C13H11F3N6S. The number of halogens is 3. The fourth-order valence-corrected chi connectivity index (χ4v) is 2.44. The second-order valence-electron chi connectivity index (χ2n) is 4.90. The van der Waals surface area contributed by atoms with E-state index in [-0.39, 0.29) is 4.99 Å². The minimum Gasteiger partial charge on any atom is -0.393 e. The number of thiocarbonyl (C=S) groups is 1. The van der Waals surface area contributed by atoms with Gasteiger partial charge in [0.2, 0.25) is 0 Å². The Hall–Kier alpha value is -2.49. The van der Waals surface area contributed by atoms with Crippen LogP contribution in [0.2, 0.25) is 0 Å². The minimum atomic E-state index is -4.51. The molecule has 10 heteroatoms. The molecule has 6 nitrogen and oxygen atoms in total. The van der Waals surface area contributed by atoms with Gasteiger partial charge in [0, 0.05) is 29.8 Å². The molecule has 0 saturated carbocycles. The Bertz CT molecular complexity index is 853. The molecule has 0 saturated heterocycles. The van der Waals surface area contributed by atoms with Gasteiger partial charge in [-0.1, -0.05) is 12.2 Å². The van der Waals surface area contributed by atoms with Crippen LogP contribution in [0.5, 0.6) is 0 Å². The summed E-state index contributed by atoms with van der Waals surface area (Å²) in [5.74, 6) is 0. The second kappa shape index (κ2) is 5.61. The molecule has 0 aliphatic rings. The van der Waals surface area contributed by atoms with Crippen LogP contribution in [-0.4, -0.2) is 35.9 Å².